The van der Waals surface area contributed by atoms with Crippen LogP contribution in [-0.4, -0.2) is 12.2 Å². The smallest absolute Gasteiger partial charge is 0.201 e. The maximum Gasteiger partial charge on any atom is 0.201 e. The first kappa shape index (κ1) is 14.6. The van der Waals surface area contributed by atoms with Crippen LogP contribution in [0.3, 0.4) is 0 Å². The molecule has 1 heterocycles. The molecule has 1 N–H and O–H groups in total. The highest BCUT2D eigenvalue weighted by atomic mass is 16.5. The van der Waals surface area contributed by atoms with Gasteiger partial charge in [-0.3, -0.25) is 4.79 Å². The van der Waals surface area contributed by atoms with E-state index in [4.69, 9.17) is 9.15 Å². The van der Waals surface area contributed by atoms with Crippen LogP contribution in [0.15, 0.2) is 51.7 Å². The molecule has 0 aliphatic rings. The average Bonchev–Trinajstić information content (AvgIpc) is 2.63. The number of phenolic OH excluding ortho intramolecular Hbond substituents is 1. The van der Waals surface area contributed by atoms with Crippen molar-refractivity contribution in [3.8, 4) is 11.5 Å². The first-order chi connectivity index (χ1) is 11.7. The SMILES string of the molecule is CCc1c(O)c2ccccc2c2oc3ccc(OC)cc3c(=O)c12. The molecule has 3 aromatic carbocycles. The van der Waals surface area contributed by atoms with Crippen LogP contribution in [-0.2, 0) is 6.42 Å². The third-order valence-corrected chi connectivity index (χ3v) is 4.47. The second-order valence-electron chi connectivity index (χ2n) is 5.72. The minimum atomic E-state index is -0.150. The van der Waals surface area contributed by atoms with Gasteiger partial charge in [0.05, 0.1) is 17.9 Å². The van der Waals surface area contributed by atoms with Crippen LogP contribution in [0.4, 0.5) is 0 Å². The minimum Gasteiger partial charge on any atom is -0.507 e. The molecule has 4 nitrogen and oxygen atoms in total. The molecule has 0 atom stereocenters. The number of fused-ring (bicyclic) bond motifs is 4. The van der Waals surface area contributed by atoms with E-state index in [1.807, 2.05) is 31.2 Å². The van der Waals surface area contributed by atoms with Gasteiger partial charge in [0, 0.05) is 16.3 Å². The van der Waals surface area contributed by atoms with Crippen LogP contribution >= 0.6 is 0 Å². The fraction of sp³-hybridized carbons (Fsp3) is 0.150. The van der Waals surface area contributed by atoms with E-state index in [0.29, 0.717) is 45.1 Å². The van der Waals surface area contributed by atoms with Gasteiger partial charge in [-0.25, -0.2) is 0 Å². The fourth-order valence-corrected chi connectivity index (χ4v) is 3.28. The Bertz CT molecular complexity index is 1160. The van der Waals surface area contributed by atoms with Gasteiger partial charge >= 0.3 is 0 Å². The second-order valence-corrected chi connectivity index (χ2v) is 5.72. The molecule has 0 saturated carbocycles. The summed E-state index contributed by atoms with van der Waals surface area (Å²) in [4.78, 5) is 13.1. The molecular formula is C20H16O4. The molecule has 0 bridgehead atoms. The maximum absolute atomic E-state index is 13.1. The lowest BCUT2D eigenvalue weighted by atomic mass is 9.97. The van der Waals surface area contributed by atoms with Crippen molar-refractivity contribution in [2.24, 2.45) is 0 Å². The number of phenols is 1. The lowest BCUT2D eigenvalue weighted by Crippen LogP contribution is -2.06. The number of methoxy groups -OCH3 is 1. The maximum atomic E-state index is 13.1. The van der Waals surface area contributed by atoms with Crippen molar-refractivity contribution in [3.05, 3.63) is 58.3 Å². The number of benzene rings is 3. The first-order valence-electron chi connectivity index (χ1n) is 7.82. The zero-order valence-electron chi connectivity index (χ0n) is 13.4. The van der Waals surface area contributed by atoms with E-state index in [2.05, 4.69) is 0 Å². The second kappa shape index (κ2) is 5.27. The van der Waals surface area contributed by atoms with Crippen LogP contribution in [0.5, 0.6) is 11.5 Å². The van der Waals surface area contributed by atoms with Gasteiger partial charge in [-0.15, -0.1) is 0 Å². The topological polar surface area (TPSA) is 59.7 Å². The summed E-state index contributed by atoms with van der Waals surface area (Å²) in [6, 6.07) is 12.6. The van der Waals surface area contributed by atoms with Gasteiger partial charge in [0.2, 0.25) is 5.43 Å². The van der Waals surface area contributed by atoms with E-state index in [-0.39, 0.29) is 11.2 Å². The standard InChI is InChI=1S/C20H16O4/c1-3-12-17-19(22)15-10-11(23-2)8-9-16(15)24-20(17)14-7-5-4-6-13(14)18(12)21/h4-10,21H,3H2,1-2H3. The normalized spacial score (nSPS) is 11.4. The highest BCUT2D eigenvalue weighted by Gasteiger charge is 2.19. The number of aromatic hydroxyl groups is 1. The van der Waals surface area contributed by atoms with Crippen LogP contribution < -0.4 is 10.2 Å². The Balaban J connectivity index is 2.32. The Morgan fingerprint density at radius 3 is 2.54 bits per heavy atom. The molecule has 0 radical (unpaired) electrons. The van der Waals surface area contributed by atoms with E-state index in [1.54, 1.807) is 25.3 Å². The van der Waals surface area contributed by atoms with Gasteiger partial charge in [-0.2, -0.15) is 0 Å². The number of rotatable bonds is 2. The molecule has 0 fully saturated rings. The molecule has 0 spiro atoms. The zero-order valence-corrected chi connectivity index (χ0v) is 13.4. The van der Waals surface area contributed by atoms with Gasteiger partial charge < -0.3 is 14.3 Å². The lowest BCUT2D eigenvalue weighted by molar-refractivity contribution is 0.415. The highest BCUT2D eigenvalue weighted by Crippen LogP contribution is 2.37. The third-order valence-electron chi connectivity index (χ3n) is 4.47. The van der Waals surface area contributed by atoms with Gasteiger partial charge in [-0.05, 0) is 24.6 Å². The summed E-state index contributed by atoms with van der Waals surface area (Å²) in [6.07, 6.45) is 0.535. The molecule has 0 aliphatic heterocycles. The first-order valence-corrected chi connectivity index (χ1v) is 7.82. The predicted octanol–water partition coefficient (Wildman–Crippen LogP) is 4.38. The van der Waals surface area contributed by atoms with Crippen molar-refractivity contribution < 1.29 is 14.3 Å². The molecule has 120 valence electrons. The molecule has 0 saturated heterocycles. The molecule has 0 unspecified atom stereocenters. The molecule has 0 aliphatic carbocycles. The van der Waals surface area contributed by atoms with Crippen molar-refractivity contribution in [2.45, 2.75) is 13.3 Å². The summed E-state index contributed by atoms with van der Waals surface area (Å²) in [6.45, 7) is 1.92. The van der Waals surface area contributed by atoms with Gasteiger partial charge in [-0.1, -0.05) is 31.2 Å². The number of hydrogen-bond donors (Lipinski definition) is 1. The number of hydrogen-bond acceptors (Lipinski definition) is 4. The fourth-order valence-electron chi connectivity index (χ4n) is 3.28. The van der Waals surface area contributed by atoms with E-state index in [9.17, 15) is 9.90 Å². The summed E-state index contributed by atoms with van der Waals surface area (Å²) < 4.78 is 11.3. The molecule has 4 heteroatoms. The van der Waals surface area contributed by atoms with E-state index >= 15 is 0 Å². The van der Waals surface area contributed by atoms with Crippen molar-refractivity contribution in [1.82, 2.24) is 0 Å². The predicted molar refractivity (Wildman–Crippen MR) is 95.1 cm³/mol. The Kier molecular flexibility index (Phi) is 3.20. The third kappa shape index (κ3) is 1.89. The number of ether oxygens (including phenoxy) is 1. The average molecular weight is 320 g/mol. The number of aryl methyl sites for hydroxylation is 1. The molecule has 1 aromatic heterocycles. The summed E-state index contributed by atoms with van der Waals surface area (Å²) in [5.41, 5.74) is 1.49. The molecular weight excluding hydrogens is 304 g/mol. The molecule has 4 rings (SSSR count). The summed E-state index contributed by atoms with van der Waals surface area (Å²) in [5, 5.41) is 13.0. The van der Waals surface area contributed by atoms with Crippen LogP contribution in [0.1, 0.15) is 12.5 Å². The van der Waals surface area contributed by atoms with Crippen LogP contribution in [0.25, 0.3) is 32.7 Å². The molecule has 0 amide bonds. The largest absolute Gasteiger partial charge is 0.507 e. The van der Waals surface area contributed by atoms with Gasteiger partial charge in [0.25, 0.3) is 0 Å². The van der Waals surface area contributed by atoms with Crippen molar-refractivity contribution in [1.29, 1.82) is 0 Å². The molecule has 4 aromatic rings. The van der Waals surface area contributed by atoms with Gasteiger partial charge in [0.1, 0.15) is 22.7 Å². The van der Waals surface area contributed by atoms with Crippen LogP contribution in [0, 0.1) is 0 Å². The van der Waals surface area contributed by atoms with E-state index in [1.165, 1.54) is 0 Å². The lowest BCUT2D eigenvalue weighted by Gasteiger charge is -2.12. The van der Waals surface area contributed by atoms with Crippen molar-refractivity contribution in [2.75, 3.05) is 7.11 Å². The minimum absolute atomic E-state index is 0.148. The van der Waals surface area contributed by atoms with Gasteiger partial charge in [0.15, 0.2) is 0 Å². The Labute approximate surface area is 137 Å². The summed E-state index contributed by atoms with van der Waals surface area (Å²) in [7, 11) is 1.56. The Hall–Kier alpha value is -3.01. The van der Waals surface area contributed by atoms with Crippen molar-refractivity contribution >= 4 is 32.7 Å². The van der Waals surface area contributed by atoms with E-state index < -0.39 is 0 Å². The zero-order chi connectivity index (χ0) is 16.8. The van der Waals surface area contributed by atoms with E-state index in [0.717, 1.165) is 5.39 Å². The Morgan fingerprint density at radius 2 is 1.83 bits per heavy atom. The summed E-state index contributed by atoms with van der Waals surface area (Å²) in [5.74, 6) is 0.743. The summed E-state index contributed by atoms with van der Waals surface area (Å²) >= 11 is 0. The monoisotopic (exact) mass is 320 g/mol. The van der Waals surface area contributed by atoms with Crippen LogP contribution in [0.2, 0.25) is 0 Å². The Morgan fingerprint density at radius 1 is 1.08 bits per heavy atom. The highest BCUT2D eigenvalue weighted by molar-refractivity contribution is 6.11. The quantitative estimate of drug-likeness (QED) is 0.440. The van der Waals surface area contributed by atoms with Crippen molar-refractivity contribution in [3.63, 3.8) is 0 Å². The molecule has 24 heavy (non-hydrogen) atoms.